The van der Waals surface area contributed by atoms with Gasteiger partial charge in [-0.3, -0.25) is 9.48 Å². The Hall–Kier alpha value is -1.69. The van der Waals surface area contributed by atoms with Crippen molar-refractivity contribution in [2.24, 2.45) is 0 Å². The first kappa shape index (κ1) is 12.8. The third kappa shape index (κ3) is 3.40. The molecule has 0 aliphatic rings. The SMILES string of the molecule is O=C(CCn1cccn1)Nc1cc(F)ccc1Br. The van der Waals surface area contributed by atoms with Gasteiger partial charge in [0.2, 0.25) is 5.91 Å². The van der Waals surface area contributed by atoms with Gasteiger partial charge in [-0.25, -0.2) is 4.39 Å². The van der Waals surface area contributed by atoms with Gasteiger partial charge in [-0.05, 0) is 40.2 Å². The third-order valence-corrected chi connectivity index (χ3v) is 3.02. The van der Waals surface area contributed by atoms with E-state index >= 15 is 0 Å². The topological polar surface area (TPSA) is 46.9 Å². The number of amides is 1. The summed E-state index contributed by atoms with van der Waals surface area (Å²) in [5, 5.41) is 6.64. The fourth-order valence-corrected chi connectivity index (χ4v) is 1.80. The van der Waals surface area contributed by atoms with E-state index in [0.717, 1.165) is 0 Å². The van der Waals surface area contributed by atoms with Gasteiger partial charge in [0.1, 0.15) is 5.82 Å². The molecule has 6 heteroatoms. The van der Waals surface area contributed by atoms with Crippen LogP contribution >= 0.6 is 15.9 Å². The number of aryl methyl sites for hydroxylation is 1. The highest BCUT2D eigenvalue weighted by Gasteiger charge is 2.07. The van der Waals surface area contributed by atoms with Gasteiger partial charge in [0.25, 0.3) is 0 Å². The van der Waals surface area contributed by atoms with Gasteiger partial charge in [-0.15, -0.1) is 0 Å². The molecule has 94 valence electrons. The van der Waals surface area contributed by atoms with Crippen LogP contribution in [0.4, 0.5) is 10.1 Å². The lowest BCUT2D eigenvalue weighted by Gasteiger charge is -2.07. The van der Waals surface area contributed by atoms with Crippen molar-refractivity contribution in [2.75, 3.05) is 5.32 Å². The second kappa shape index (κ2) is 5.77. The Morgan fingerprint density at radius 2 is 2.33 bits per heavy atom. The average molecular weight is 312 g/mol. The monoisotopic (exact) mass is 311 g/mol. The minimum atomic E-state index is -0.388. The molecule has 0 fully saturated rings. The normalized spacial score (nSPS) is 10.3. The molecule has 1 amide bonds. The number of carbonyl (C=O) groups excluding carboxylic acids is 1. The molecule has 0 aliphatic heterocycles. The first-order chi connectivity index (χ1) is 8.65. The lowest BCUT2D eigenvalue weighted by Crippen LogP contribution is -2.15. The van der Waals surface area contributed by atoms with Crippen LogP contribution in [-0.2, 0) is 11.3 Å². The van der Waals surface area contributed by atoms with Gasteiger partial charge in [0.05, 0.1) is 5.69 Å². The second-order valence-corrected chi connectivity index (χ2v) is 4.55. The first-order valence-electron chi connectivity index (χ1n) is 5.37. The van der Waals surface area contributed by atoms with Gasteiger partial charge < -0.3 is 5.32 Å². The van der Waals surface area contributed by atoms with Crippen molar-refractivity contribution < 1.29 is 9.18 Å². The highest BCUT2D eigenvalue weighted by molar-refractivity contribution is 9.10. The number of anilines is 1. The number of hydrogen-bond acceptors (Lipinski definition) is 2. The third-order valence-electron chi connectivity index (χ3n) is 2.33. The summed E-state index contributed by atoms with van der Waals surface area (Å²) in [5.74, 6) is -0.572. The molecular formula is C12H11BrFN3O. The molecular weight excluding hydrogens is 301 g/mol. The molecule has 0 bridgehead atoms. The van der Waals surface area contributed by atoms with Crippen LogP contribution in [0.15, 0.2) is 41.1 Å². The van der Waals surface area contributed by atoms with E-state index in [1.54, 1.807) is 29.2 Å². The first-order valence-corrected chi connectivity index (χ1v) is 6.17. The highest BCUT2D eigenvalue weighted by Crippen LogP contribution is 2.23. The van der Waals surface area contributed by atoms with Gasteiger partial charge in [-0.1, -0.05) is 0 Å². The summed E-state index contributed by atoms with van der Waals surface area (Å²) in [6, 6.07) is 5.94. The van der Waals surface area contributed by atoms with Crippen molar-refractivity contribution >= 4 is 27.5 Å². The van der Waals surface area contributed by atoms with Crippen LogP contribution in [0.5, 0.6) is 0 Å². The van der Waals surface area contributed by atoms with Gasteiger partial charge in [-0.2, -0.15) is 5.10 Å². The van der Waals surface area contributed by atoms with Gasteiger partial charge in [0.15, 0.2) is 0 Å². The molecule has 2 rings (SSSR count). The highest BCUT2D eigenvalue weighted by atomic mass is 79.9. The zero-order valence-electron chi connectivity index (χ0n) is 9.44. The molecule has 1 aromatic carbocycles. The molecule has 0 unspecified atom stereocenters. The number of benzene rings is 1. The van der Waals surface area contributed by atoms with Crippen LogP contribution in [0.1, 0.15) is 6.42 Å². The number of carbonyl (C=O) groups is 1. The van der Waals surface area contributed by atoms with E-state index in [1.807, 2.05) is 0 Å². The van der Waals surface area contributed by atoms with Crippen molar-refractivity contribution in [3.05, 3.63) is 46.9 Å². The van der Waals surface area contributed by atoms with Crippen LogP contribution in [0.3, 0.4) is 0 Å². The standard InChI is InChI=1S/C12H11BrFN3O/c13-10-3-2-9(14)8-11(10)16-12(18)4-7-17-6-1-5-15-17/h1-3,5-6,8H,4,7H2,(H,16,18). The van der Waals surface area contributed by atoms with Gasteiger partial charge in [0, 0.05) is 29.8 Å². The summed E-state index contributed by atoms with van der Waals surface area (Å²) < 4.78 is 15.3. The minimum Gasteiger partial charge on any atom is -0.325 e. The maximum Gasteiger partial charge on any atom is 0.226 e. The second-order valence-electron chi connectivity index (χ2n) is 3.69. The van der Waals surface area contributed by atoms with Crippen LogP contribution in [0.25, 0.3) is 0 Å². The van der Waals surface area contributed by atoms with E-state index in [0.29, 0.717) is 16.7 Å². The van der Waals surface area contributed by atoms with Crippen LogP contribution in [0, 0.1) is 5.82 Å². The van der Waals surface area contributed by atoms with Crippen molar-refractivity contribution in [3.63, 3.8) is 0 Å². The fraction of sp³-hybridized carbons (Fsp3) is 0.167. The molecule has 0 aliphatic carbocycles. The molecule has 0 atom stereocenters. The van der Waals surface area contributed by atoms with E-state index in [9.17, 15) is 9.18 Å². The van der Waals surface area contributed by atoms with E-state index in [4.69, 9.17) is 0 Å². The Labute approximate surface area is 112 Å². The van der Waals surface area contributed by atoms with Crippen molar-refractivity contribution in [2.45, 2.75) is 13.0 Å². The number of aromatic nitrogens is 2. The Morgan fingerprint density at radius 3 is 3.06 bits per heavy atom. The summed E-state index contributed by atoms with van der Waals surface area (Å²) in [4.78, 5) is 11.7. The molecule has 0 radical (unpaired) electrons. The zero-order valence-corrected chi connectivity index (χ0v) is 11.0. The maximum atomic E-state index is 13.0. The quantitative estimate of drug-likeness (QED) is 0.943. The molecule has 1 aromatic heterocycles. The summed E-state index contributed by atoms with van der Waals surface area (Å²) in [6.07, 6.45) is 3.72. The largest absolute Gasteiger partial charge is 0.325 e. The van der Waals surface area contributed by atoms with Gasteiger partial charge >= 0.3 is 0 Å². The smallest absolute Gasteiger partial charge is 0.226 e. The Kier molecular flexibility index (Phi) is 4.09. The summed E-state index contributed by atoms with van der Waals surface area (Å²) in [5.41, 5.74) is 0.431. The Balaban J connectivity index is 1.92. The molecule has 0 saturated heterocycles. The molecule has 1 N–H and O–H groups in total. The number of nitrogens with zero attached hydrogens (tertiary/aromatic N) is 2. The summed E-state index contributed by atoms with van der Waals surface area (Å²) >= 11 is 3.25. The van der Waals surface area contributed by atoms with E-state index in [-0.39, 0.29) is 18.1 Å². The number of rotatable bonds is 4. The van der Waals surface area contributed by atoms with Crippen molar-refractivity contribution in [1.29, 1.82) is 0 Å². The molecule has 18 heavy (non-hydrogen) atoms. The van der Waals surface area contributed by atoms with Crippen molar-refractivity contribution in [3.8, 4) is 0 Å². The minimum absolute atomic E-state index is 0.184. The number of hydrogen-bond donors (Lipinski definition) is 1. The summed E-state index contributed by atoms with van der Waals surface area (Å²) in [6.45, 7) is 0.492. The molecule has 4 nitrogen and oxygen atoms in total. The molecule has 2 aromatic rings. The van der Waals surface area contributed by atoms with Crippen molar-refractivity contribution in [1.82, 2.24) is 9.78 Å². The predicted molar refractivity (Wildman–Crippen MR) is 69.6 cm³/mol. The molecule has 1 heterocycles. The maximum absolute atomic E-state index is 13.0. The summed E-state index contributed by atoms with van der Waals surface area (Å²) in [7, 11) is 0. The predicted octanol–water partition coefficient (Wildman–Crippen LogP) is 2.81. The van der Waals surface area contributed by atoms with E-state index in [2.05, 4.69) is 26.3 Å². The van der Waals surface area contributed by atoms with Crippen LogP contribution in [0.2, 0.25) is 0 Å². The lowest BCUT2D eigenvalue weighted by atomic mass is 10.3. The van der Waals surface area contributed by atoms with E-state index < -0.39 is 0 Å². The van der Waals surface area contributed by atoms with Crippen LogP contribution < -0.4 is 5.32 Å². The van der Waals surface area contributed by atoms with Crippen LogP contribution in [-0.4, -0.2) is 15.7 Å². The Bertz CT molecular complexity index is 542. The molecule has 0 saturated carbocycles. The lowest BCUT2D eigenvalue weighted by molar-refractivity contribution is -0.116. The Morgan fingerprint density at radius 1 is 1.50 bits per heavy atom. The average Bonchev–Trinajstić information content (AvgIpc) is 2.84. The number of halogens is 2. The zero-order chi connectivity index (χ0) is 13.0. The molecule has 0 spiro atoms. The number of nitrogens with one attached hydrogen (secondary N) is 1. The fourth-order valence-electron chi connectivity index (χ4n) is 1.45. The van der Waals surface area contributed by atoms with E-state index in [1.165, 1.54) is 12.1 Å².